The first-order valence-corrected chi connectivity index (χ1v) is 8.77. The summed E-state index contributed by atoms with van der Waals surface area (Å²) in [7, 11) is 0. The van der Waals surface area contributed by atoms with Crippen molar-refractivity contribution in [3.63, 3.8) is 0 Å². The zero-order chi connectivity index (χ0) is 15.6. The lowest BCUT2D eigenvalue weighted by Gasteiger charge is -2.27. The van der Waals surface area contributed by atoms with Crippen LogP contribution in [0.3, 0.4) is 0 Å². The van der Waals surface area contributed by atoms with Gasteiger partial charge in [0.1, 0.15) is 0 Å². The fraction of sp³-hybridized carbons (Fsp3) is 0.524. The minimum atomic E-state index is 0.702. The van der Waals surface area contributed by atoms with Gasteiger partial charge in [-0.05, 0) is 62.0 Å². The Morgan fingerprint density at radius 1 is 1.05 bits per heavy atom. The minimum Gasteiger partial charge on any atom is -0.373 e. The highest BCUT2D eigenvalue weighted by Crippen LogP contribution is 2.36. The van der Waals surface area contributed by atoms with Gasteiger partial charge in [0.25, 0.3) is 0 Å². The highest BCUT2D eigenvalue weighted by Gasteiger charge is 2.20. The summed E-state index contributed by atoms with van der Waals surface area (Å²) >= 11 is 0. The van der Waals surface area contributed by atoms with Crippen LogP contribution in [0.15, 0.2) is 48.6 Å². The molecular weight excluding hydrogens is 268 g/mol. The van der Waals surface area contributed by atoms with Crippen LogP contribution in [0.5, 0.6) is 0 Å². The molecule has 1 aromatic carbocycles. The van der Waals surface area contributed by atoms with E-state index < -0.39 is 0 Å². The number of rotatable bonds is 7. The third kappa shape index (κ3) is 5.46. The Kier molecular flexibility index (Phi) is 7.45. The smallest absolute Gasteiger partial charge is 0.0721 e. The molecule has 22 heavy (non-hydrogen) atoms. The first-order chi connectivity index (χ1) is 10.8. The molecule has 0 amide bonds. The normalized spacial score (nSPS) is 22.6. The molecule has 120 valence electrons. The summed E-state index contributed by atoms with van der Waals surface area (Å²) in [5.41, 5.74) is 2.78. The fourth-order valence-electron chi connectivity index (χ4n) is 3.20. The highest BCUT2D eigenvalue weighted by atomic mass is 16.5. The molecule has 1 aliphatic rings. The molecule has 1 saturated carbocycles. The van der Waals surface area contributed by atoms with Crippen LogP contribution in [0.1, 0.15) is 63.0 Å². The molecule has 2 rings (SSSR count). The van der Waals surface area contributed by atoms with Crippen LogP contribution in [0.25, 0.3) is 0 Å². The average molecular weight is 298 g/mol. The highest BCUT2D eigenvalue weighted by molar-refractivity contribution is 5.25. The van der Waals surface area contributed by atoms with Crippen LogP contribution in [0, 0.1) is 5.92 Å². The summed E-state index contributed by atoms with van der Waals surface area (Å²) in [6.45, 7) is 5.64. The number of allylic oxidation sites excluding steroid dienone is 3. The predicted octanol–water partition coefficient (Wildman–Crippen LogP) is 6.02. The van der Waals surface area contributed by atoms with E-state index in [1.807, 2.05) is 19.1 Å². The van der Waals surface area contributed by atoms with Crippen molar-refractivity contribution in [2.75, 3.05) is 6.61 Å². The minimum absolute atomic E-state index is 0.702. The van der Waals surface area contributed by atoms with Gasteiger partial charge in [-0.25, -0.2) is 0 Å². The second-order valence-corrected chi connectivity index (χ2v) is 6.27. The Bertz CT molecular complexity index is 461. The molecule has 0 N–H and O–H groups in total. The summed E-state index contributed by atoms with van der Waals surface area (Å²) in [6, 6.07) is 9.07. The molecule has 1 aliphatic carbocycles. The predicted molar refractivity (Wildman–Crippen MR) is 95.0 cm³/mol. The van der Waals surface area contributed by atoms with Crippen molar-refractivity contribution < 1.29 is 4.74 Å². The second-order valence-electron chi connectivity index (χ2n) is 6.27. The Morgan fingerprint density at radius 2 is 1.77 bits per heavy atom. The molecule has 1 fully saturated rings. The first kappa shape index (κ1) is 17.0. The van der Waals surface area contributed by atoms with Gasteiger partial charge in [-0.15, -0.1) is 0 Å². The fourth-order valence-corrected chi connectivity index (χ4v) is 3.20. The molecule has 0 bridgehead atoms. The summed E-state index contributed by atoms with van der Waals surface area (Å²) in [4.78, 5) is 0. The van der Waals surface area contributed by atoms with Crippen molar-refractivity contribution in [3.8, 4) is 0 Å². The van der Waals surface area contributed by atoms with Crippen LogP contribution < -0.4 is 0 Å². The van der Waals surface area contributed by atoms with Crippen molar-refractivity contribution in [1.82, 2.24) is 0 Å². The second kappa shape index (κ2) is 9.63. The van der Waals surface area contributed by atoms with Crippen molar-refractivity contribution in [3.05, 3.63) is 59.7 Å². The van der Waals surface area contributed by atoms with E-state index in [0.717, 1.165) is 18.3 Å². The molecular formula is C21H30O. The van der Waals surface area contributed by atoms with Gasteiger partial charge >= 0.3 is 0 Å². The van der Waals surface area contributed by atoms with Gasteiger partial charge in [-0.3, -0.25) is 0 Å². The van der Waals surface area contributed by atoms with Gasteiger partial charge in [-0.2, -0.15) is 0 Å². The summed E-state index contributed by atoms with van der Waals surface area (Å²) in [5.74, 6) is 1.57. The topological polar surface area (TPSA) is 9.23 Å². The molecule has 0 spiro atoms. The lowest BCUT2D eigenvalue weighted by molar-refractivity contribution is 0.148. The standard InChI is InChI=1S/C21H30O/c1-3-5-7-18-8-12-20(13-9-18)21-14-10-19(11-15-21)17-22-16-6-4-2/h4-7,10-11,14-15,18,20H,3,8-9,12-13,16-17H2,1-2H3. The zero-order valence-corrected chi connectivity index (χ0v) is 14.1. The molecule has 0 aromatic heterocycles. The van der Waals surface area contributed by atoms with E-state index in [2.05, 4.69) is 43.3 Å². The number of hydrogen-bond acceptors (Lipinski definition) is 1. The molecule has 1 nitrogen and oxygen atoms in total. The Labute approximate surface area is 136 Å². The third-order valence-corrected chi connectivity index (χ3v) is 4.59. The van der Waals surface area contributed by atoms with Gasteiger partial charge in [-0.1, -0.05) is 55.5 Å². The Morgan fingerprint density at radius 3 is 2.41 bits per heavy atom. The molecule has 0 heterocycles. The maximum absolute atomic E-state index is 5.60. The van der Waals surface area contributed by atoms with Crippen LogP contribution in [0.4, 0.5) is 0 Å². The van der Waals surface area contributed by atoms with E-state index >= 15 is 0 Å². The monoisotopic (exact) mass is 298 g/mol. The van der Waals surface area contributed by atoms with Crippen LogP contribution in [0.2, 0.25) is 0 Å². The van der Waals surface area contributed by atoms with E-state index in [0.29, 0.717) is 13.2 Å². The van der Waals surface area contributed by atoms with Crippen molar-refractivity contribution in [2.45, 2.75) is 58.5 Å². The van der Waals surface area contributed by atoms with Gasteiger partial charge in [0.05, 0.1) is 13.2 Å². The quantitative estimate of drug-likeness (QED) is 0.442. The van der Waals surface area contributed by atoms with Gasteiger partial charge < -0.3 is 4.74 Å². The molecule has 0 aliphatic heterocycles. The lowest BCUT2D eigenvalue weighted by atomic mass is 9.78. The van der Waals surface area contributed by atoms with E-state index in [9.17, 15) is 0 Å². The van der Waals surface area contributed by atoms with Crippen molar-refractivity contribution in [1.29, 1.82) is 0 Å². The molecule has 0 radical (unpaired) electrons. The largest absolute Gasteiger partial charge is 0.373 e. The lowest BCUT2D eigenvalue weighted by Crippen LogP contribution is -2.11. The van der Waals surface area contributed by atoms with E-state index in [-0.39, 0.29) is 0 Å². The summed E-state index contributed by atoms with van der Waals surface area (Å²) < 4.78 is 5.60. The van der Waals surface area contributed by atoms with Crippen LogP contribution >= 0.6 is 0 Å². The van der Waals surface area contributed by atoms with E-state index in [1.54, 1.807) is 0 Å². The Balaban J connectivity index is 1.80. The summed E-state index contributed by atoms with van der Waals surface area (Å²) in [6.07, 6.45) is 15.3. The molecule has 1 aromatic rings. The zero-order valence-electron chi connectivity index (χ0n) is 14.1. The molecule has 0 unspecified atom stereocenters. The number of hydrogen-bond donors (Lipinski definition) is 0. The molecule has 0 atom stereocenters. The van der Waals surface area contributed by atoms with E-state index in [4.69, 9.17) is 4.74 Å². The molecule has 1 heteroatoms. The number of benzene rings is 1. The number of ether oxygens (including phenoxy) is 1. The maximum Gasteiger partial charge on any atom is 0.0721 e. The SMILES string of the molecule is CC=CCOCc1ccc(C2CCC(C=CCC)CC2)cc1. The van der Waals surface area contributed by atoms with Crippen molar-refractivity contribution >= 4 is 0 Å². The van der Waals surface area contributed by atoms with Gasteiger partial charge in [0, 0.05) is 0 Å². The molecule has 0 saturated heterocycles. The summed E-state index contributed by atoms with van der Waals surface area (Å²) in [5, 5.41) is 0. The van der Waals surface area contributed by atoms with Gasteiger partial charge in [0.15, 0.2) is 0 Å². The maximum atomic E-state index is 5.60. The first-order valence-electron chi connectivity index (χ1n) is 8.77. The average Bonchev–Trinajstić information content (AvgIpc) is 2.58. The third-order valence-electron chi connectivity index (χ3n) is 4.59. The van der Waals surface area contributed by atoms with Crippen LogP contribution in [-0.4, -0.2) is 6.61 Å². The van der Waals surface area contributed by atoms with E-state index in [1.165, 1.54) is 36.8 Å². The van der Waals surface area contributed by atoms with Crippen LogP contribution in [-0.2, 0) is 11.3 Å². The Hall–Kier alpha value is -1.34. The van der Waals surface area contributed by atoms with Crippen molar-refractivity contribution in [2.24, 2.45) is 5.92 Å². The van der Waals surface area contributed by atoms with Gasteiger partial charge in [0.2, 0.25) is 0 Å².